The summed E-state index contributed by atoms with van der Waals surface area (Å²) in [5.41, 5.74) is 2.18. The fourth-order valence-corrected chi connectivity index (χ4v) is 7.24. The van der Waals surface area contributed by atoms with E-state index < -0.39 is 0 Å². The Labute approximate surface area is 159 Å². The van der Waals surface area contributed by atoms with Crippen LogP contribution in [0.3, 0.4) is 0 Å². The molecule has 0 radical (unpaired) electrons. The molecule has 0 heterocycles. The van der Waals surface area contributed by atoms with Gasteiger partial charge in [0.1, 0.15) is 6.10 Å². The summed E-state index contributed by atoms with van der Waals surface area (Å²) in [6.45, 7) is 6.49. The van der Waals surface area contributed by atoms with Crippen molar-refractivity contribution in [3.8, 4) is 0 Å². The Hall–Kier alpha value is -0.320. The second kappa shape index (κ2) is 5.85. The first-order chi connectivity index (χ1) is 11.3. The lowest BCUT2D eigenvalue weighted by molar-refractivity contribution is -0.156. The van der Waals surface area contributed by atoms with E-state index in [1.54, 1.807) is 12.5 Å². The number of carbonyl (C=O) groups excluding carboxylic acids is 1. The largest absolute Gasteiger partial charge is 0.462 e. The molecule has 4 aliphatic rings. The first kappa shape index (κ1) is 17.1. The molecular formula is C21H29IO2. The summed E-state index contributed by atoms with van der Waals surface area (Å²) in [7, 11) is 0. The topological polar surface area (TPSA) is 26.3 Å². The van der Waals surface area contributed by atoms with Crippen molar-refractivity contribution in [2.24, 2.45) is 28.6 Å². The van der Waals surface area contributed by atoms with Crippen molar-refractivity contribution in [1.29, 1.82) is 0 Å². The number of halogens is 1. The van der Waals surface area contributed by atoms with Gasteiger partial charge in [-0.15, -0.1) is 0 Å². The smallest absolute Gasteiger partial charge is 0.302 e. The third-order valence-corrected chi connectivity index (χ3v) is 8.79. The van der Waals surface area contributed by atoms with Crippen molar-refractivity contribution in [3.05, 3.63) is 21.3 Å². The molecule has 132 valence electrons. The molecule has 24 heavy (non-hydrogen) atoms. The van der Waals surface area contributed by atoms with Crippen LogP contribution >= 0.6 is 22.6 Å². The summed E-state index contributed by atoms with van der Waals surface area (Å²) in [4.78, 5) is 11.5. The van der Waals surface area contributed by atoms with Crippen molar-refractivity contribution in [3.63, 3.8) is 0 Å². The highest BCUT2D eigenvalue weighted by molar-refractivity contribution is 14.1. The average Bonchev–Trinajstić information content (AvgIpc) is 2.84. The molecule has 4 rings (SSSR count). The minimum absolute atomic E-state index is 0.103. The van der Waals surface area contributed by atoms with Crippen LogP contribution in [0.2, 0.25) is 0 Å². The summed E-state index contributed by atoms with van der Waals surface area (Å²) >= 11 is 2.51. The van der Waals surface area contributed by atoms with E-state index in [9.17, 15) is 4.79 Å². The van der Waals surface area contributed by atoms with Crippen LogP contribution in [0.25, 0.3) is 0 Å². The molecule has 0 saturated heterocycles. The third kappa shape index (κ3) is 2.44. The number of rotatable bonds is 1. The summed E-state index contributed by atoms with van der Waals surface area (Å²) in [5, 5.41) is 0. The van der Waals surface area contributed by atoms with Gasteiger partial charge in [0.15, 0.2) is 0 Å². The molecule has 3 heteroatoms. The summed E-state index contributed by atoms with van der Waals surface area (Å²) < 4.78 is 7.26. The minimum atomic E-state index is -0.103. The van der Waals surface area contributed by atoms with Gasteiger partial charge in [-0.2, -0.15) is 0 Å². The van der Waals surface area contributed by atoms with Gasteiger partial charge in [0.25, 0.3) is 0 Å². The molecule has 0 amide bonds. The summed E-state index contributed by atoms with van der Waals surface area (Å²) in [6, 6.07) is 0. The molecule has 4 aliphatic carbocycles. The Balaban J connectivity index is 1.64. The maximum Gasteiger partial charge on any atom is 0.302 e. The Morgan fingerprint density at radius 2 is 2.00 bits per heavy atom. The lowest BCUT2D eigenvalue weighted by Crippen LogP contribution is -2.50. The van der Waals surface area contributed by atoms with Crippen LogP contribution in [0.1, 0.15) is 65.7 Å². The van der Waals surface area contributed by atoms with Crippen LogP contribution in [0.15, 0.2) is 21.3 Å². The number of esters is 1. The van der Waals surface area contributed by atoms with E-state index in [0.29, 0.717) is 5.41 Å². The molecule has 0 aromatic heterocycles. The van der Waals surface area contributed by atoms with Gasteiger partial charge in [0.2, 0.25) is 0 Å². The SMILES string of the molecule is CC(=O)O[C@H]1CC[C@H]2[C@@H]3CC=C4C=C(I)CC[C@]4(C)[C@H]3CC[C@]12C. The molecule has 0 bridgehead atoms. The van der Waals surface area contributed by atoms with Crippen LogP contribution in [-0.4, -0.2) is 12.1 Å². The lowest BCUT2D eigenvalue weighted by Gasteiger charge is -2.56. The van der Waals surface area contributed by atoms with Crippen LogP contribution in [0.4, 0.5) is 0 Å². The molecule has 0 aromatic carbocycles. The van der Waals surface area contributed by atoms with Gasteiger partial charge >= 0.3 is 5.97 Å². The average molecular weight is 440 g/mol. The number of allylic oxidation sites excluding steroid dienone is 4. The lowest BCUT2D eigenvalue weighted by atomic mass is 9.49. The normalized spacial score (nSPS) is 47.0. The zero-order valence-corrected chi connectivity index (χ0v) is 17.3. The summed E-state index contributed by atoms with van der Waals surface area (Å²) in [6.07, 6.45) is 13.8. The third-order valence-electron chi connectivity index (χ3n) is 7.94. The van der Waals surface area contributed by atoms with Crippen LogP contribution in [-0.2, 0) is 9.53 Å². The Morgan fingerprint density at radius 3 is 2.75 bits per heavy atom. The molecule has 0 spiro atoms. The van der Waals surface area contributed by atoms with E-state index in [0.717, 1.165) is 24.2 Å². The molecule has 2 nitrogen and oxygen atoms in total. The van der Waals surface area contributed by atoms with Crippen LogP contribution in [0.5, 0.6) is 0 Å². The predicted molar refractivity (Wildman–Crippen MR) is 105 cm³/mol. The van der Waals surface area contributed by atoms with E-state index in [1.807, 2.05) is 0 Å². The Bertz CT molecular complexity index is 621. The van der Waals surface area contributed by atoms with E-state index in [-0.39, 0.29) is 17.5 Å². The van der Waals surface area contributed by atoms with Crippen LogP contribution in [0, 0.1) is 28.6 Å². The van der Waals surface area contributed by atoms with Gasteiger partial charge in [-0.25, -0.2) is 0 Å². The van der Waals surface area contributed by atoms with Crippen molar-refractivity contribution in [1.82, 2.24) is 0 Å². The zero-order chi connectivity index (χ0) is 17.1. The highest BCUT2D eigenvalue weighted by atomic mass is 127. The first-order valence-electron chi connectivity index (χ1n) is 9.58. The second-order valence-electron chi connectivity index (χ2n) is 9.00. The maximum absolute atomic E-state index is 11.5. The Kier molecular flexibility index (Phi) is 4.17. The highest BCUT2D eigenvalue weighted by Gasteiger charge is 2.59. The van der Waals surface area contributed by atoms with Crippen molar-refractivity contribution >= 4 is 28.6 Å². The van der Waals surface area contributed by atoms with E-state index >= 15 is 0 Å². The zero-order valence-electron chi connectivity index (χ0n) is 15.1. The first-order valence-corrected chi connectivity index (χ1v) is 10.7. The Morgan fingerprint density at radius 1 is 1.21 bits per heavy atom. The fourth-order valence-electron chi connectivity index (χ4n) is 6.64. The number of hydrogen-bond acceptors (Lipinski definition) is 2. The quantitative estimate of drug-likeness (QED) is 0.380. The van der Waals surface area contributed by atoms with E-state index in [2.05, 4.69) is 48.6 Å². The second-order valence-corrected chi connectivity index (χ2v) is 10.4. The molecular weight excluding hydrogens is 411 g/mol. The minimum Gasteiger partial charge on any atom is -0.462 e. The van der Waals surface area contributed by atoms with Crippen molar-refractivity contribution in [2.45, 2.75) is 71.8 Å². The van der Waals surface area contributed by atoms with Crippen molar-refractivity contribution in [2.75, 3.05) is 0 Å². The van der Waals surface area contributed by atoms with Gasteiger partial charge < -0.3 is 4.74 Å². The molecule has 0 N–H and O–H groups in total. The van der Waals surface area contributed by atoms with Gasteiger partial charge in [-0.05, 0) is 106 Å². The number of ether oxygens (including phenoxy) is 1. The fraction of sp³-hybridized carbons (Fsp3) is 0.762. The molecule has 2 fully saturated rings. The van der Waals surface area contributed by atoms with Gasteiger partial charge in [-0.1, -0.05) is 19.9 Å². The number of fused-ring (bicyclic) bond motifs is 5. The number of carbonyl (C=O) groups is 1. The van der Waals surface area contributed by atoms with E-state index in [4.69, 9.17) is 4.74 Å². The van der Waals surface area contributed by atoms with Gasteiger partial charge in [-0.3, -0.25) is 4.79 Å². The van der Waals surface area contributed by atoms with Gasteiger partial charge in [0, 0.05) is 12.3 Å². The highest BCUT2D eigenvalue weighted by Crippen LogP contribution is 2.65. The van der Waals surface area contributed by atoms with E-state index in [1.165, 1.54) is 42.1 Å². The molecule has 0 aliphatic heterocycles. The predicted octanol–water partition coefficient (Wildman–Crippen LogP) is 5.81. The number of hydrogen-bond donors (Lipinski definition) is 0. The molecule has 6 atom stereocenters. The molecule has 2 saturated carbocycles. The monoisotopic (exact) mass is 440 g/mol. The summed E-state index contributed by atoms with van der Waals surface area (Å²) in [5.74, 6) is 2.21. The van der Waals surface area contributed by atoms with Crippen molar-refractivity contribution < 1.29 is 9.53 Å². The van der Waals surface area contributed by atoms with Crippen LogP contribution < -0.4 is 0 Å². The van der Waals surface area contributed by atoms with Gasteiger partial charge in [0.05, 0.1) is 0 Å². The molecule has 0 unspecified atom stereocenters. The standard InChI is InChI=1S/C21H29IO2/c1-13(23)24-19-7-6-17-16-5-4-14-12-15(22)8-10-20(14,2)18(16)9-11-21(17,19)3/h4,12,16-19H,5-11H2,1-3H3/t16-,17-,18-,19-,20-,21-/m0/s1. The molecule has 0 aromatic rings. The maximum atomic E-state index is 11.5.